The summed E-state index contributed by atoms with van der Waals surface area (Å²) >= 11 is 0. The molecule has 0 aliphatic rings. The topological polar surface area (TPSA) is 60.2 Å². The van der Waals surface area contributed by atoms with Gasteiger partial charge in [0.2, 0.25) is 0 Å². The average molecular weight is 265 g/mol. The molecular formula is C16H15N3O. The number of nitrogens with zero attached hydrogens (tertiary/aromatic N) is 1. The number of fused-ring (bicyclic) bond motifs is 1. The third-order valence-corrected chi connectivity index (χ3v) is 3.16. The van der Waals surface area contributed by atoms with Crippen LogP contribution in [0.25, 0.3) is 10.9 Å². The second-order valence-electron chi connectivity index (χ2n) is 4.46. The number of benzene rings is 2. The molecule has 4 heteroatoms. The molecule has 0 saturated heterocycles. The third kappa shape index (κ3) is 2.23. The zero-order valence-corrected chi connectivity index (χ0v) is 11.1. The molecule has 0 radical (unpaired) electrons. The fourth-order valence-electron chi connectivity index (χ4n) is 2.13. The Labute approximate surface area is 117 Å². The van der Waals surface area contributed by atoms with Gasteiger partial charge < -0.3 is 15.8 Å². The number of nitrogen functional groups attached to an aromatic ring is 1. The van der Waals surface area contributed by atoms with Gasteiger partial charge in [0.15, 0.2) is 0 Å². The van der Waals surface area contributed by atoms with Gasteiger partial charge in [0, 0.05) is 17.6 Å². The molecular weight excluding hydrogens is 250 g/mol. The van der Waals surface area contributed by atoms with Crippen molar-refractivity contribution in [3.8, 4) is 5.75 Å². The summed E-state index contributed by atoms with van der Waals surface area (Å²) in [6, 6.07) is 15.5. The van der Waals surface area contributed by atoms with E-state index in [-0.39, 0.29) is 0 Å². The van der Waals surface area contributed by atoms with Crippen LogP contribution in [0.1, 0.15) is 0 Å². The smallest absolute Gasteiger partial charge is 0.121 e. The number of rotatable bonds is 3. The minimum absolute atomic E-state index is 0.636. The Morgan fingerprint density at radius 1 is 1.05 bits per heavy atom. The van der Waals surface area contributed by atoms with Gasteiger partial charge in [-0.2, -0.15) is 0 Å². The predicted octanol–water partition coefficient (Wildman–Crippen LogP) is 3.57. The number of anilines is 3. The van der Waals surface area contributed by atoms with E-state index >= 15 is 0 Å². The molecule has 4 nitrogen and oxygen atoms in total. The summed E-state index contributed by atoms with van der Waals surface area (Å²) in [7, 11) is 1.62. The van der Waals surface area contributed by atoms with Gasteiger partial charge in [-0.25, -0.2) is 0 Å². The minimum Gasteiger partial charge on any atom is -0.497 e. The Hall–Kier alpha value is -2.75. The minimum atomic E-state index is 0.636. The summed E-state index contributed by atoms with van der Waals surface area (Å²) in [6.07, 6.45) is 1.78. The van der Waals surface area contributed by atoms with Crippen molar-refractivity contribution in [2.75, 3.05) is 18.2 Å². The summed E-state index contributed by atoms with van der Waals surface area (Å²) in [5, 5.41) is 4.41. The molecule has 3 aromatic rings. The molecule has 2 aromatic carbocycles. The fourth-order valence-corrected chi connectivity index (χ4v) is 2.13. The molecule has 1 heterocycles. The quantitative estimate of drug-likeness (QED) is 0.711. The van der Waals surface area contributed by atoms with Crippen LogP contribution in [0.2, 0.25) is 0 Å². The van der Waals surface area contributed by atoms with Gasteiger partial charge in [0.1, 0.15) is 5.75 Å². The van der Waals surface area contributed by atoms with Gasteiger partial charge in [0.25, 0.3) is 0 Å². The van der Waals surface area contributed by atoms with Gasteiger partial charge in [-0.1, -0.05) is 18.2 Å². The molecule has 0 fully saturated rings. The van der Waals surface area contributed by atoms with Crippen LogP contribution in [0.5, 0.6) is 5.75 Å². The Kier molecular flexibility index (Phi) is 3.13. The van der Waals surface area contributed by atoms with Crippen LogP contribution in [0, 0.1) is 0 Å². The van der Waals surface area contributed by atoms with Crippen molar-refractivity contribution in [1.82, 2.24) is 4.98 Å². The van der Waals surface area contributed by atoms with Crippen LogP contribution in [0.4, 0.5) is 17.1 Å². The number of para-hydroxylation sites is 1. The average Bonchev–Trinajstić information content (AvgIpc) is 2.49. The molecule has 0 unspecified atom stereocenters. The van der Waals surface area contributed by atoms with Crippen molar-refractivity contribution in [3.05, 3.63) is 54.7 Å². The lowest BCUT2D eigenvalue weighted by atomic mass is 10.1. The number of hydrogen-bond acceptors (Lipinski definition) is 4. The van der Waals surface area contributed by atoms with Gasteiger partial charge in [0.05, 0.1) is 29.7 Å². The molecule has 3 N–H and O–H groups in total. The Morgan fingerprint density at radius 2 is 1.90 bits per heavy atom. The van der Waals surface area contributed by atoms with Crippen LogP contribution in [0.3, 0.4) is 0 Å². The molecule has 3 rings (SSSR count). The first-order valence-electron chi connectivity index (χ1n) is 6.32. The summed E-state index contributed by atoms with van der Waals surface area (Å²) < 4.78 is 5.15. The molecule has 0 spiro atoms. The van der Waals surface area contributed by atoms with E-state index in [1.807, 2.05) is 42.5 Å². The van der Waals surface area contributed by atoms with Crippen molar-refractivity contribution in [2.24, 2.45) is 0 Å². The predicted molar refractivity (Wildman–Crippen MR) is 82.4 cm³/mol. The Bertz CT molecular complexity index is 750. The van der Waals surface area contributed by atoms with E-state index in [9.17, 15) is 0 Å². The van der Waals surface area contributed by atoms with Crippen molar-refractivity contribution in [3.63, 3.8) is 0 Å². The normalized spacial score (nSPS) is 10.4. The van der Waals surface area contributed by atoms with Crippen molar-refractivity contribution in [1.29, 1.82) is 0 Å². The lowest BCUT2D eigenvalue weighted by Gasteiger charge is -2.12. The second-order valence-corrected chi connectivity index (χ2v) is 4.46. The number of aromatic nitrogens is 1. The van der Waals surface area contributed by atoms with Crippen molar-refractivity contribution < 1.29 is 4.74 Å². The Balaban J connectivity index is 2.01. The van der Waals surface area contributed by atoms with E-state index in [1.165, 1.54) is 0 Å². The van der Waals surface area contributed by atoms with Crippen molar-refractivity contribution >= 4 is 28.0 Å². The highest BCUT2D eigenvalue weighted by Crippen LogP contribution is 2.29. The van der Waals surface area contributed by atoms with E-state index < -0.39 is 0 Å². The van der Waals surface area contributed by atoms with E-state index in [1.54, 1.807) is 19.4 Å². The number of hydrogen-bond donors (Lipinski definition) is 2. The molecule has 0 amide bonds. The van der Waals surface area contributed by atoms with Gasteiger partial charge >= 0.3 is 0 Å². The monoisotopic (exact) mass is 265 g/mol. The van der Waals surface area contributed by atoms with Crippen LogP contribution in [-0.2, 0) is 0 Å². The van der Waals surface area contributed by atoms with E-state index in [0.717, 1.165) is 28.0 Å². The zero-order chi connectivity index (χ0) is 13.9. The van der Waals surface area contributed by atoms with Gasteiger partial charge in [-0.05, 0) is 24.3 Å². The summed E-state index contributed by atoms with van der Waals surface area (Å²) in [6.45, 7) is 0. The molecule has 20 heavy (non-hydrogen) atoms. The lowest BCUT2D eigenvalue weighted by molar-refractivity contribution is 0.415. The summed E-state index contributed by atoms with van der Waals surface area (Å²) in [4.78, 5) is 4.41. The Morgan fingerprint density at radius 3 is 2.70 bits per heavy atom. The largest absolute Gasteiger partial charge is 0.497 e. The first kappa shape index (κ1) is 12.3. The van der Waals surface area contributed by atoms with Crippen molar-refractivity contribution in [2.45, 2.75) is 0 Å². The summed E-state index contributed by atoms with van der Waals surface area (Å²) in [5.41, 5.74) is 9.35. The lowest BCUT2D eigenvalue weighted by Crippen LogP contribution is -1.98. The zero-order valence-electron chi connectivity index (χ0n) is 11.1. The van der Waals surface area contributed by atoms with Gasteiger partial charge in [-0.15, -0.1) is 0 Å². The molecule has 0 saturated carbocycles. The molecule has 0 atom stereocenters. The maximum Gasteiger partial charge on any atom is 0.121 e. The molecule has 0 bridgehead atoms. The maximum atomic E-state index is 6.03. The summed E-state index contributed by atoms with van der Waals surface area (Å²) in [5.74, 6) is 0.740. The first-order chi connectivity index (χ1) is 9.78. The highest BCUT2D eigenvalue weighted by Gasteiger charge is 2.05. The fraction of sp³-hybridized carbons (Fsp3) is 0.0625. The highest BCUT2D eigenvalue weighted by atomic mass is 16.5. The van der Waals surface area contributed by atoms with Crippen LogP contribution < -0.4 is 15.8 Å². The van der Waals surface area contributed by atoms with Crippen LogP contribution in [0.15, 0.2) is 54.7 Å². The number of nitrogens with two attached hydrogens (primary N) is 1. The van der Waals surface area contributed by atoms with Gasteiger partial charge in [-0.3, -0.25) is 4.98 Å². The highest BCUT2D eigenvalue weighted by molar-refractivity contribution is 5.93. The molecule has 0 aliphatic heterocycles. The van der Waals surface area contributed by atoms with E-state index in [2.05, 4.69) is 10.3 Å². The van der Waals surface area contributed by atoms with E-state index in [4.69, 9.17) is 10.5 Å². The number of pyridine rings is 1. The van der Waals surface area contributed by atoms with Crippen LogP contribution >= 0.6 is 0 Å². The number of ether oxygens (including phenoxy) is 1. The number of nitrogens with one attached hydrogen (secondary N) is 1. The standard InChI is InChI=1S/C16H15N3O/c1-20-12-7-8-14(13(17)10-12)19-15-6-2-4-11-5-3-9-18-16(11)15/h2-10,19H,17H2,1H3. The third-order valence-electron chi connectivity index (χ3n) is 3.16. The van der Waals surface area contributed by atoms with E-state index in [0.29, 0.717) is 5.69 Å². The second kappa shape index (κ2) is 5.09. The SMILES string of the molecule is COc1ccc(Nc2cccc3cccnc23)c(N)c1. The maximum absolute atomic E-state index is 6.03. The number of methoxy groups -OCH3 is 1. The molecule has 1 aromatic heterocycles. The first-order valence-corrected chi connectivity index (χ1v) is 6.32. The molecule has 100 valence electrons. The van der Waals surface area contributed by atoms with Crippen LogP contribution in [-0.4, -0.2) is 12.1 Å². The molecule has 0 aliphatic carbocycles.